The van der Waals surface area contributed by atoms with Crippen molar-refractivity contribution in [3.05, 3.63) is 88.4 Å². The standard InChI is InChI=1S/C23H20N4O2S2/c1-16(28)19-11-5-6-12-20(19)24-22(29)15-31-23-26-25-21(14-18-10-7-13-30-18)27(23)17-8-3-2-4-9-17/h2-13H,14-15H2,1H3,(H,24,29). The first-order chi connectivity index (χ1) is 15.1. The van der Waals surface area contributed by atoms with E-state index in [4.69, 9.17) is 0 Å². The molecule has 8 heteroatoms. The van der Waals surface area contributed by atoms with E-state index in [-0.39, 0.29) is 17.4 Å². The lowest BCUT2D eigenvalue weighted by molar-refractivity contribution is -0.113. The number of nitrogens with zero attached hydrogens (tertiary/aromatic N) is 3. The van der Waals surface area contributed by atoms with E-state index < -0.39 is 0 Å². The lowest BCUT2D eigenvalue weighted by Gasteiger charge is -2.11. The Morgan fingerprint density at radius 1 is 1.00 bits per heavy atom. The number of aromatic nitrogens is 3. The van der Waals surface area contributed by atoms with Crippen molar-refractivity contribution in [3.63, 3.8) is 0 Å². The molecule has 0 bridgehead atoms. The summed E-state index contributed by atoms with van der Waals surface area (Å²) in [6.07, 6.45) is 0.665. The van der Waals surface area contributed by atoms with E-state index in [1.807, 2.05) is 46.3 Å². The molecule has 0 aliphatic rings. The minimum Gasteiger partial charge on any atom is -0.325 e. The van der Waals surface area contributed by atoms with Gasteiger partial charge in [0.2, 0.25) is 5.91 Å². The first-order valence-corrected chi connectivity index (χ1v) is 11.5. The molecule has 2 aromatic heterocycles. The summed E-state index contributed by atoms with van der Waals surface area (Å²) in [6.45, 7) is 1.48. The molecule has 0 saturated heterocycles. The Labute approximate surface area is 188 Å². The summed E-state index contributed by atoms with van der Waals surface area (Å²) in [6, 6.07) is 21.0. The Morgan fingerprint density at radius 2 is 1.77 bits per heavy atom. The van der Waals surface area contributed by atoms with Crippen LogP contribution in [0, 0.1) is 0 Å². The fraction of sp³-hybridized carbons (Fsp3) is 0.130. The molecule has 31 heavy (non-hydrogen) atoms. The molecule has 1 amide bonds. The first kappa shape index (κ1) is 21.0. The van der Waals surface area contributed by atoms with E-state index in [1.54, 1.807) is 35.6 Å². The van der Waals surface area contributed by atoms with Gasteiger partial charge < -0.3 is 5.32 Å². The summed E-state index contributed by atoms with van der Waals surface area (Å²) < 4.78 is 1.99. The lowest BCUT2D eigenvalue weighted by atomic mass is 10.1. The number of rotatable bonds is 8. The second-order valence-electron chi connectivity index (χ2n) is 6.76. The van der Waals surface area contributed by atoms with E-state index in [0.29, 0.717) is 22.8 Å². The molecule has 0 atom stereocenters. The van der Waals surface area contributed by atoms with Crippen molar-refractivity contribution in [3.8, 4) is 5.69 Å². The molecular weight excluding hydrogens is 428 g/mol. The molecule has 2 heterocycles. The predicted octanol–water partition coefficient (Wildman–Crippen LogP) is 4.85. The molecule has 0 radical (unpaired) electrons. The van der Waals surface area contributed by atoms with Crippen LogP contribution in [0.4, 0.5) is 5.69 Å². The van der Waals surface area contributed by atoms with Gasteiger partial charge in [0.1, 0.15) is 5.82 Å². The zero-order valence-corrected chi connectivity index (χ0v) is 18.5. The number of hydrogen-bond donors (Lipinski definition) is 1. The predicted molar refractivity (Wildman–Crippen MR) is 124 cm³/mol. The smallest absolute Gasteiger partial charge is 0.234 e. The van der Waals surface area contributed by atoms with Gasteiger partial charge in [0, 0.05) is 22.5 Å². The fourth-order valence-electron chi connectivity index (χ4n) is 3.13. The summed E-state index contributed by atoms with van der Waals surface area (Å²) in [5.74, 6) is 0.668. The van der Waals surface area contributed by atoms with Gasteiger partial charge in [-0.2, -0.15) is 0 Å². The van der Waals surface area contributed by atoms with Gasteiger partial charge in [-0.25, -0.2) is 0 Å². The van der Waals surface area contributed by atoms with Gasteiger partial charge in [0.15, 0.2) is 10.9 Å². The number of para-hydroxylation sites is 2. The zero-order chi connectivity index (χ0) is 21.6. The molecule has 156 valence electrons. The van der Waals surface area contributed by atoms with E-state index in [1.165, 1.54) is 23.6 Å². The number of amides is 1. The van der Waals surface area contributed by atoms with Crippen molar-refractivity contribution in [1.82, 2.24) is 14.8 Å². The maximum atomic E-state index is 12.6. The van der Waals surface area contributed by atoms with Crippen molar-refractivity contribution in [1.29, 1.82) is 0 Å². The molecule has 4 aromatic rings. The Balaban J connectivity index is 1.53. The maximum Gasteiger partial charge on any atom is 0.234 e. The van der Waals surface area contributed by atoms with E-state index in [0.717, 1.165) is 11.5 Å². The van der Waals surface area contributed by atoms with Crippen molar-refractivity contribution >= 4 is 40.5 Å². The van der Waals surface area contributed by atoms with Gasteiger partial charge in [-0.05, 0) is 42.6 Å². The van der Waals surface area contributed by atoms with Gasteiger partial charge >= 0.3 is 0 Å². The molecule has 0 unspecified atom stereocenters. The molecule has 6 nitrogen and oxygen atoms in total. The molecule has 0 aliphatic heterocycles. The summed E-state index contributed by atoms with van der Waals surface area (Å²) in [4.78, 5) is 25.6. The van der Waals surface area contributed by atoms with Crippen molar-refractivity contribution in [2.24, 2.45) is 0 Å². The van der Waals surface area contributed by atoms with Crippen LogP contribution in [0.15, 0.2) is 77.3 Å². The second kappa shape index (κ2) is 9.72. The molecule has 2 aromatic carbocycles. The largest absolute Gasteiger partial charge is 0.325 e. The zero-order valence-electron chi connectivity index (χ0n) is 16.8. The highest BCUT2D eigenvalue weighted by Crippen LogP contribution is 2.25. The molecule has 0 aliphatic carbocycles. The Bertz CT molecular complexity index is 1190. The van der Waals surface area contributed by atoms with Crippen molar-refractivity contribution in [2.45, 2.75) is 18.5 Å². The topological polar surface area (TPSA) is 76.9 Å². The van der Waals surface area contributed by atoms with Crippen LogP contribution in [0.1, 0.15) is 28.0 Å². The number of anilines is 1. The third-order valence-electron chi connectivity index (χ3n) is 4.54. The fourth-order valence-corrected chi connectivity index (χ4v) is 4.60. The minimum absolute atomic E-state index is 0.0920. The Hall–Kier alpha value is -3.23. The van der Waals surface area contributed by atoms with Gasteiger partial charge in [-0.1, -0.05) is 48.2 Å². The highest BCUT2D eigenvalue weighted by Gasteiger charge is 2.17. The minimum atomic E-state index is -0.207. The summed E-state index contributed by atoms with van der Waals surface area (Å²) >= 11 is 2.99. The molecule has 0 saturated carbocycles. The number of Topliss-reactive ketones (excluding diaryl/α,β-unsaturated/α-hetero) is 1. The van der Waals surface area contributed by atoms with E-state index >= 15 is 0 Å². The lowest BCUT2D eigenvalue weighted by Crippen LogP contribution is -2.16. The third kappa shape index (κ3) is 5.10. The summed E-state index contributed by atoms with van der Waals surface area (Å²) in [5, 5.41) is 14.2. The quantitative estimate of drug-likeness (QED) is 0.308. The van der Waals surface area contributed by atoms with E-state index in [2.05, 4.69) is 21.6 Å². The summed E-state index contributed by atoms with van der Waals surface area (Å²) in [5.41, 5.74) is 1.96. The van der Waals surface area contributed by atoms with Gasteiger partial charge in [0.05, 0.1) is 11.4 Å². The third-order valence-corrected chi connectivity index (χ3v) is 6.35. The number of nitrogens with one attached hydrogen (secondary N) is 1. The highest BCUT2D eigenvalue weighted by atomic mass is 32.2. The highest BCUT2D eigenvalue weighted by molar-refractivity contribution is 7.99. The SMILES string of the molecule is CC(=O)c1ccccc1NC(=O)CSc1nnc(Cc2cccs2)n1-c1ccccc1. The van der Waals surface area contributed by atoms with Crippen molar-refractivity contribution < 1.29 is 9.59 Å². The Morgan fingerprint density at radius 3 is 2.52 bits per heavy atom. The van der Waals surface area contributed by atoms with Crippen LogP contribution in [-0.4, -0.2) is 32.2 Å². The first-order valence-electron chi connectivity index (χ1n) is 9.66. The van der Waals surface area contributed by atoms with Gasteiger partial charge in [0.25, 0.3) is 0 Å². The second-order valence-corrected chi connectivity index (χ2v) is 8.74. The Kier molecular flexibility index (Phi) is 6.59. The summed E-state index contributed by atoms with van der Waals surface area (Å²) in [7, 11) is 0. The van der Waals surface area contributed by atoms with Crippen LogP contribution in [0.25, 0.3) is 5.69 Å². The van der Waals surface area contributed by atoms with Crippen LogP contribution in [0.2, 0.25) is 0 Å². The van der Waals surface area contributed by atoms with Crippen LogP contribution in [0.5, 0.6) is 0 Å². The molecule has 4 rings (SSSR count). The molecule has 0 spiro atoms. The number of hydrogen-bond acceptors (Lipinski definition) is 6. The normalized spacial score (nSPS) is 10.7. The van der Waals surface area contributed by atoms with Crippen LogP contribution >= 0.6 is 23.1 Å². The van der Waals surface area contributed by atoms with Gasteiger partial charge in [-0.15, -0.1) is 21.5 Å². The number of ketones is 1. The monoisotopic (exact) mass is 448 g/mol. The maximum absolute atomic E-state index is 12.6. The van der Waals surface area contributed by atoms with Crippen LogP contribution in [-0.2, 0) is 11.2 Å². The number of thiophene rings is 1. The number of carbonyl (C=O) groups is 2. The van der Waals surface area contributed by atoms with Gasteiger partial charge in [-0.3, -0.25) is 14.2 Å². The average Bonchev–Trinajstić information content (AvgIpc) is 3.43. The van der Waals surface area contributed by atoms with E-state index in [9.17, 15) is 9.59 Å². The molecular formula is C23H20N4O2S2. The molecule has 0 fully saturated rings. The van der Waals surface area contributed by atoms with Crippen molar-refractivity contribution in [2.75, 3.05) is 11.1 Å². The number of carbonyl (C=O) groups excluding carboxylic acids is 2. The van der Waals surface area contributed by atoms with Crippen LogP contribution < -0.4 is 5.32 Å². The van der Waals surface area contributed by atoms with Crippen LogP contribution in [0.3, 0.4) is 0 Å². The average molecular weight is 449 g/mol. The number of benzene rings is 2. The number of thioether (sulfide) groups is 1. The molecule has 1 N–H and O–H groups in total.